The summed E-state index contributed by atoms with van der Waals surface area (Å²) in [5.41, 5.74) is 0. The Hall–Kier alpha value is -0.0400. The van der Waals surface area contributed by atoms with Crippen molar-refractivity contribution < 1.29 is 0 Å². The molecule has 0 aromatic heterocycles. The zero-order valence-corrected chi connectivity index (χ0v) is 15.6. The molecule has 0 heterocycles. The third-order valence-electron chi connectivity index (χ3n) is 6.37. The molecule has 0 radical (unpaired) electrons. The van der Waals surface area contributed by atoms with E-state index in [2.05, 4.69) is 47.0 Å². The Morgan fingerprint density at radius 3 is 2.05 bits per heavy atom. The topological polar surface area (TPSA) is 12.0 Å². The van der Waals surface area contributed by atoms with Crippen molar-refractivity contribution in [1.82, 2.24) is 5.32 Å². The lowest BCUT2D eigenvalue weighted by atomic mass is 9.78. The second-order valence-corrected chi connectivity index (χ2v) is 8.03. The first-order valence-corrected chi connectivity index (χ1v) is 9.66. The standard InChI is InChI=1S/C20H41N/c1-7-15(2)20(18(5)21-6)14-11-17(4)16(3)9-8-10-19-12-13-19/h15-21H,7-14H2,1-6H3. The van der Waals surface area contributed by atoms with Gasteiger partial charge in [0.2, 0.25) is 0 Å². The molecule has 0 bridgehead atoms. The maximum atomic E-state index is 3.49. The lowest BCUT2D eigenvalue weighted by Crippen LogP contribution is -2.34. The van der Waals surface area contributed by atoms with Crippen molar-refractivity contribution in [3.8, 4) is 0 Å². The molecule has 5 unspecified atom stereocenters. The molecule has 1 nitrogen and oxygen atoms in total. The smallest absolute Gasteiger partial charge is 0.00665 e. The summed E-state index contributed by atoms with van der Waals surface area (Å²) >= 11 is 0. The van der Waals surface area contributed by atoms with Gasteiger partial charge in [-0.05, 0) is 50.0 Å². The number of hydrogen-bond acceptors (Lipinski definition) is 1. The highest BCUT2D eigenvalue weighted by Crippen LogP contribution is 2.35. The maximum absolute atomic E-state index is 3.49. The molecule has 0 spiro atoms. The third kappa shape index (κ3) is 7.17. The van der Waals surface area contributed by atoms with Gasteiger partial charge in [0, 0.05) is 6.04 Å². The zero-order chi connectivity index (χ0) is 15.8. The minimum atomic E-state index is 0.650. The van der Waals surface area contributed by atoms with E-state index in [0.29, 0.717) is 6.04 Å². The number of nitrogens with one attached hydrogen (secondary N) is 1. The van der Waals surface area contributed by atoms with Crippen molar-refractivity contribution >= 4 is 0 Å². The van der Waals surface area contributed by atoms with E-state index in [1.165, 1.54) is 51.4 Å². The van der Waals surface area contributed by atoms with E-state index in [-0.39, 0.29) is 0 Å². The van der Waals surface area contributed by atoms with E-state index in [0.717, 1.165) is 29.6 Å². The van der Waals surface area contributed by atoms with Crippen LogP contribution in [-0.4, -0.2) is 13.1 Å². The molecule has 21 heavy (non-hydrogen) atoms. The van der Waals surface area contributed by atoms with Gasteiger partial charge < -0.3 is 5.32 Å². The van der Waals surface area contributed by atoms with Crippen molar-refractivity contribution in [2.45, 2.75) is 92.0 Å². The number of rotatable bonds is 12. The minimum Gasteiger partial charge on any atom is -0.317 e. The van der Waals surface area contributed by atoms with Gasteiger partial charge in [-0.15, -0.1) is 0 Å². The second kappa shape index (κ2) is 9.87. The van der Waals surface area contributed by atoms with Gasteiger partial charge in [-0.25, -0.2) is 0 Å². The quantitative estimate of drug-likeness (QED) is 0.473. The second-order valence-electron chi connectivity index (χ2n) is 8.03. The lowest BCUT2D eigenvalue weighted by molar-refractivity contribution is 0.225. The predicted molar refractivity (Wildman–Crippen MR) is 95.6 cm³/mol. The summed E-state index contributed by atoms with van der Waals surface area (Å²) in [7, 11) is 2.12. The van der Waals surface area contributed by atoms with Crippen LogP contribution >= 0.6 is 0 Å². The van der Waals surface area contributed by atoms with Crippen molar-refractivity contribution in [2.75, 3.05) is 7.05 Å². The summed E-state index contributed by atoms with van der Waals surface area (Å²) in [5, 5.41) is 3.49. The van der Waals surface area contributed by atoms with Crippen LogP contribution < -0.4 is 5.32 Å². The minimum absolute atomic E-state index is 0.650. The predicted octanol–water partition coefficient (Wildman–Crippen LogP) is 5.89. The fourth-order valence-electron chi connectivity index (χ4n) is 3.70. The molecule has 1 aliphatic carbocycles. The molecular weight excluding hydrogens is 254 g/mol. The van der Waals surface area contributed by atoms with Crippen molar-refractivity contribution in [1.29, 1.82) is 0 Å². The molecule has 1 fully saturated rings. The molecule has 1 heteroatoms. The van der Waals surface area contributed by atoms with Crippen LogP contribution in [0.4, 0.5) is 0 Å². The fraction of sp³-hybridized carbons (Fsp3) is 1.00. The summed E-state index contributed by atoms with van der Waals surface area (Å²) in [6.07, 6.45) is 11.6. The van der Waals surface area contributed by atoms with Crippen LogP contribution in [0.25, 0.3) is 0 Å². The van der Waals surface area contributed by atoms with Crippen LogP contribution in [0.15, 0.2) is 0 Å². The summed E-state index contributed by atoms with van der Waals surface area (Å²) in [6, 6.07) is 0.650. The van der Waals surface area contributed by atoms with E-state index in [1.807, 2.05) is 0 Å². The van der Waals surface area contributed by atoms with Gasteiger partial charge in [0.1, 0.15) is 0 Å². The van der Waals surface area contributed by atoms with Crippen LogP contribution in [0, 0.1) is 29.6 Å². The van der Waals surface area contributed by atoms with Crippen LogP contribution in [-0.2, 0) is 0 Å². The summed E-state index contributed by atoms with van der Waals surface area (Å²) in [4.78, 5) is 0. The first-order chi connectivity index (χ1) is 9.99. The Balaban J connectivity index is 2.27. The first kappa shape index (κ1) is 19.0. The van der Waals surface area contributed by atoms with Crippen LogP contribution in [0.2, 0.25) is 0 Å². The average molecular weight is 296 g/mol. The molecule has 1 saturated carbocycles. The normalized spacial score (nSPS) is 22.6. The van der Waals surface area contributed by atoms with Gasteiger partial charge in [0.15, 0.2) is 0 Å². The molecule has 1 rings (SSSR count). The van der Waals surface area contributed by atoms with Crippen molar-refractivity contribution in [3.63, 3.8) is 0 Å². The maximum Gasteiger partial charge on any atom is 0.00665 e. The van der Waals surface area contributed by atoms with Crippen LogP contribution in [0.1, 0.15) is 86.0 Å². The van der Waals surface area contributed by atoms with E-state index in [9.17, 15) is 0 Å². The van der Waals surface area contributed by atoms with Gasteiger partial charge in [-0.2, -0.15) is 0 Å². The number of hydrogen-bond donors (Lipinski definition) is 1. The SMILES string of the molecule is CCC(C)C(CCC(C)C(C)CCCC1CC1)C(C)NC. The summed E-state index contributed by atoms with van der Waals surface area (Å²) < 4.78 is 0. The zero-order valence-electron chi connectivity index (χ0n) is 15.6. The van der Waals surface area contributed by atoms with Crippen molar-refractivity contribution in [3.05, 3.63) is 0 Å². The van der Waals surface area contributed by atoms with Crippen molar-refractivity contribution in [2.24, 2.45) is 29.6 Å². The molecule has 0 aromatic rings. The van der Waals surface area contributed by atoms with E-state index in [1.54, 1.807) is 0 Å². The van der Waals surface area contributed by atoms with Gasteiger partial charge >= 0.3 is 0 Å². The molecule has 126 valence electrons. The monoisotopic (exact) mass is 295 g/mol. The molecular formula is C20H41N. The summed E-state index contributed by atoms with van der Waals surface area (Å²) in [5.74, 6) is 4.58. The Morgan fingerprint density at radius 2 is 1.52 bits per heavy atom. The van der Waals surface area contributed by atoms with Crippen LogP contribution in [0.3, 0.4) is 0 Å². The Labute approximate surface area is 134 Å². The Kier molecular flexibility index (Phi) is 8.94. The van der Waals surface area contributed by atoms with E-state index in [4.69, 9.17) is 0 Å². The van der Waals surface area contributed by atoms with Gasteiger partial charge in [0.05, 0.1) is 0 Å². The molecule has 1 N–H and O–H groups in total. The molecule has 0 aliphatic heterocycles. The lowest BCUT2D eigenvalue weighted by Gasteiger charge is -2.31. The highest BCUT2D eigenvalue weighted by molar-refractivity contribution is 4.77. The molecule has 0 aromatic carbocycles. The fourth-order valence-corrected chi connectivity index (χ4v) is 3.70. The van der Waals surface area contributed by atoms with Gasteiger partial charge in [0.25, 0.3) is 0 Å². The highest BCUT2D eigenvalue weighted by Gasteiger charge is 2.24. The molecule has 0 amide bonds. The van der Waals surface area contributed by atoms with Gasteiger partial charge in [-0.3, -0.25) is 0 Å². The third-order valence-corrected chi connectivity index (χ3v) is 6.37. The Bertz CT molecular complexity index is 249. The van der Waals surface area contributed by atoms with E-state index < -0.39 is 0 Å². The average Bonchev–Trinajstić information content (AvgIpc) is 3.30. The molecule has 0 saturated heterocycles. The van der Waals surface area contributed by atoms with E-state index >= 15 is 0 Å². The Morgan fingerprint density at radius 1 is 0.905 bits per heavy atom. The summed E-state index contributed by atoms with van der Waals surface area (Å²) in [6.45, 7) is 12.1. The highest BCUT2D eigenvalue weighted by atomic mass is 14.9. The first-order valence-electron chi connectivity index (χ1n) is 9.66. The molecule has 5 atom stereocenters. The van der Waals surface area contributed by atoms with Crippen LogP contribution in [0.5, 0.6) is 0 Å². The van der Waals surface area contributed by atoms with Gasteiger partial charge in [-0.1, -0.05) is 72.6 Å². The largest absolute Gasteiger partial charge is 0.317 e. The molecule has 1 aliphatic rings.